The molecule has 1 atom stereocenters. The third-order valence-corrected chi connectivity index (χ3v) is 7.95. The van der Waals surface area contributed by atoms with Crippen LogP contribution < -0.4 is 4.74 Å². The Kier molecular flexibility index (Phi) is 6.24. The zero-order valence-corrected chi connectivity index (χ0v) is 20.0. The number of benzene rings is 2. The van der Waals surface area contributed by atoms with Gasteiger partial charge in [0.2, 0.25) is 5.91 Å². The Morgan fingerprint density at radius 3 is 2.38 bits per heavy atom. The quantitative estimate of drug-likeness (QED) is 0.634. The van der Waals surface area contributed by atoms with E-state index in [0.29, 0.717) is 32.6 Å². The summed E-state index contributed by atoms with van der Waals surface area (Å²) < 4.78 is 11.3. The molecular formula is C28H34N2O4. The van der Waals surface area contributed by atoms with Gasteiger partial charge in [-0.15, -0.1) is 0 Å². The molecule has 2 aliphatic heterocycles. The summed E-state index contributed by atoms with van der Waals surface area (Å²) in [4.78, 5) is 30.5. The number of ether oxygens (including phenoxy) is 2. The van der Waals surface area contributed by atoms with E-state index in [2.05, 4.69) is 12.1 Å². The Morgan fingerprint density at radius 2 is 1.68 bits per heavy atom. The van der Waals surface area contributed by atoms with Gasteiger partial charge in [0.15, 0.2) is 0 Å². The van der Waals surface area contributed by atoms with E-state index in [1.54, 1.807) is 7.11 Å². The number of nitrogens with zero attached hydrogens (tertiary/aromatic N) is 2. The van der Waals surface area contributed by atoms with E-state index in [1.165, 1.54) is 0 Å². The minimum atomic E-state index is -0.496. The summed E-state index contributed by atoms with van der Waals surface area (Å²) >= 11 is 0. The van der Waals surface area contributed by atoms with Crippen molar-refractivity contribution in [2.75, 3.05) is 26.7 Å². The predicted molar refractivity (Wildman–Crippen MR) is 130 cm³/mol. The molecule has 1 saturated carbocycles. The van der Waals surface area contributed by atoms with E-state index in [1.807, 2.05) is 52.3 Å². The molecule has 3 fully saturated rings. The molecule has 2 heterocycles. The average molecular weight is 463 g/mol. The number of carbonyl (C=O) groups is 2. The number of likely N-dealkylation sites (tertiary alicyclic amines) is 1. The molecule has 2 aromatic rings. The van der Waals surface area contributed by atoms with Gasteiger partial charge in [-0.25, -0.2) is 4.79 Å². The van der Waals surface area contributed by atoms with Crippen molar-refractivity contribution >= 4 is 12.0 Å². The fourth-order valence-corrected chi connectivity index (χ4v) is 6.07. The van der Waals surface area contributed by atoms with Crippen LogP contribution in [0.15, 0.2) is 54.6 Å². The number of carbonyl (C=O) groups excluding carboxylic acids is 2. The maximum absolute atomic E-state index is 14.0. The van der Waals surface area contributed by atoms with Crippen LogP contribution in [0.3, 0.4) is 0 Å². The highest BCUT2D eigenvalue weighted by atomic mass is 16.6. The summed E-state index contributed by atoms with van der Waals surface area (Å²) in [6, 6.07) is 18.1. The van der Waals surface area contributed by atoms with Crippen molar-refractivity contribution in [3.63, 3.8) is 0 Å². The van der Waals surface area contributed by atoms with Gasteiger partial charge < -0.3 is 14.4 Å². The van der Waals surface area contributed by atoms with Gasteiger partial charge in [0, 0.05) is 26.1 Å². The molecule has 0 N–H and O–H groups in total. The van der Waals surface area contributed by atoms with E-state index in [4.69, 9.17) is 9.47 Å². The molecule has 1 unspecified atom stereocenters. The second kappa shape index (κ2) is 9.32. The van der Waals surface area contributed by atoms with E-state index < -0.39 is 11.0 Å². The highest BCUT2D eigenvalue weighted by molar-refractivity contribution is 5.88. The van der Waals surface area contributed by atoms with Crippen LogP contribution in [-0.4, -0.2) is 54.1 Å². The smallest absolute Gasteiger partial charge is 0.410 e. The SMILES string of the molecule is COc1ccc(C2(C(=O)N3CCCC4(CC3)CN(Cc3ccccc3)C(=O)O4)CCCC2)cc1. The molecule has 2 saturated heterocycles. The van der Waals surface area contributed by atoms with Gasteiger partial charge in [-0.1, -0.05) is 55.3 Å². The lowest BCUT2D eigenvalue weighted by Gasteiger charge is -2.35. The normalized spacial score (nSPS) is 24.2. The Balaban J connectivity index is 1.29. The molecule has 3 aliphatic rings. The van der Waals surface area contributed by atoms with Crippen molar-refractivity contribution in [1.29, 1.82) is 0 Å². The van der Waals surface area contributed by atoms with E-state index in [-0.39, 0.29) is 12.0 Å². The Labute approximate surface area is 201 Å². The maximum atomic E-state index is 14.0. The predicted octanol–water partition coefficient (Wildman–Crippen LogP) is 4.91. The fraction of sp³-hybridized carbons (Fsp3) is 0.500. The first-order valence-electron chi connectivity index (χ1n) is 12.5. The second-order valence-electron chi connectivity index (χ2n) is 10.1. The number of amides is 2. The van der Waals surface area contributed by atoms with E-state index in [0.717, 1.165) is 55.4 Å². The molecule has 34 heavy (non-hydrogen) atoms. The number of methoxy groups -OCH3 is 1. The van der Waals surface area contributed by atoms with E-state index in [9.17, 15) is 9.59 Å². The van der Waals surface area contributed by atoms with E-state index >= 15 is 0 Å². The second-order valence-corrected chi connectivity index (χ2v) is 10.1. The van der Waals surface area contributed by atoms with Gasteiger partial charge >= 0.3 is 6.09 Å². The van der Waals surface area contributed by atoms with Gasteiger partial charge in [-0.3, -0.25) is 9.69 Å². The van der Waals surface area contributed by atoms with Gasteiger partial charge in [0.25, 0.3) is 0 Å². The van der Waals surface area contributed by atoms with Crippen molar-refractivity contribution < 1.29 is 19.1 Å². The van der Waals surface area contributed by atoms with Crippen molar-refractivity contribution in [2.24, 2.45) is 0 Å². The summed E-state index contributed by atoms with van der Waals surface area (Å²) in [5.74, 6) is 1.04. The lowest BCUT2D eigenvalue weighted by atomic mass is 9.77. The minimum Gasteiger partial charge on any atom is -0.497 e. The zero-order valence-electron chi connectivity index (χ0n) is 20.0. The van der Waals surface area contributed by atoms with Gasteiger partial charge in [-0.05, 0) is 48.9 Å². The largest absolute Gasteiger partial charge is 0.497 e. The fourth-order valence-electron chi connectivity index (χ4n) is 6.07. The summed E-state index contributed by atoms with van der Waals surface area (Å²) in [6.45, 7) is 2.49. The van der Waals surface area contributed by atoms with Crippen LogP contribution in [0, 0.1) is 0 Å². The van der Waals surface area contributed by atoms with Crippen molar-refractivity contribution in [1.82, 2.24) is 9.80 Å². The molecule has 2 amide bonds. The van der Waals surface area contributed by atoms with Gasteiger partial charge in [0.1, 0.15) is 11.4 Å². The molecule has 0 radical (unpaired) electrons. The topological polar surface area (TPSA) is 59.1 Å². The molecule has 5 rings (SSSR count). The third kappa shape index (κ3) is 4.26. The van der Waals surface area contributed by atoms with Crippen molar-refractivity contribution in [3.05, 3.63) is 65.7 Å². The highest BCUT2D eigenvalue weighted by Gasteiger charge is 2.49. The molecule has 2 aromatic carbocycles. The molecule has 6 heteroatoms. The molecule has 0 aromatic heterocycles. The summed E-state index contributed by atoms with van der Waals surface area (Å²) in [7, 11) is 1.66. The standard InChI is InChI=1S/C28H34N2O4/c1-33-24-12-10-23(11-13-24)28(15-5-6-16-28)25(31)29-18-7-14-27(17-19-29)21-30(26(32)34-27)20-22-8-3-2-4-9-22/h2-4,8-13H,5-7,14-21H2,1H3. The summed E-state index contributed by atoms with van der Waals surface area (Å²) in [5, 5.41) is 0. The Bertz CT molecular complexity index is 1020. The first-order valence-corrected chi connectivity index (χ1v) is 12.5. The van der Waals surface area contributed by atoms with Crippen LogP contribution in [0.25, 0.3) is 0 Å². The Morgan fingerprint density at radius 1 is 0.941 bits per heavy atom. The van der Waals surface area contributed by atoms with Crippen LogP contribution in [-0.2, 0) is 21.5 Å². The first-order chi connectivity index (χ1) is 16.5. The maximum Gasteiger partial charge on any atom is 0.410 e. The molecule has 1 aliphatic carbocycles. The molecule has 6 nitrogen and oxygen atoms in total. The zero-order chi connectivity index (χ0) is 23.6. The molecular weight excluding hydrogens is 428 g/mol. The van der Waals surface area contributed by atoms with Crippen molar-refractivity contribution in [2.45, 2.75) is 62.5 Å². The minimum absolute atomic E-state index is 0.234. The lowest BCUT2D eigenvalue weighted by Crippen LogP contribution is -2.46. The van der Waals surface area contributed by atoms with Crippen molar-refractivity contribution in [3.8, 4) is 5.75 Å². The molecule has 180 valence electrons. The number of rotatable bonds is 5. The van der Waals surface area contributed by atoms with Crippen LogP contribution in [0.4, 0.5) is 4.79 Å². The third-order valence-electron chi connectivity index (χ3n) is 7.95. The summed E-state index contributed by atoms with van der Waals surface area (Å²) in [6.07, 6.45) is 6.01. The number of hydrogen-bond donors (Lipinski definition) is 0. The highest BCUT2D eigenvalue weighted by Crippen LogP contribution is 2.44. The summed E-state index contributed by atoms with van der Waals surface area (Å²) in [5.41, 5.74) is 1.25. The Hall–Kier alpha value is -3.02. The van der Waals surface area contributed by atoms with Gasteiger partial charge in [-0.2, -0.15) is 0 Å². The van der Waals surface area contributed by atoms with Gasteiger partial charge in [0.05, 0.1) is 19.1 Å². The lowest BCUT2D eigenvalue weighted by molar-refractivity contribution is -0.137. The molecule has 0 bridgehead atoms. The van der Waals surface area contributed by atoms with Crippen LogP contribution in [0.2, 0.25) is 0 Å². The monoisotopic (exact) mass is 462 g/mol. The average Bonchev–Trinajstić information content (AvgIpc) is 3.41. The first kappa shape index (κ1) is 22.8. The molecule has 1 spiro atoms. The van der Waals surface area contributed by atoms with Crippen LogP contribution in [0.5, 0.6) is 5.75 Å². The van der Waals surface area contributed by atoms with Crippen LogP contribution >= 0.6 is 0 Å². The van der Waals surface area contributed by atoms with Crippen LogP contribution in [0.1, 0.15) is 56.1 Å². The number of hydrogen-bond acceptors (Lipinski definition) is 4.